The number of carbonyl (C=O) groups excluding carboxylic acids is 1. The van der Waals surface area contributed by atoms with Crippen molar-refractivity contribution >= 4 is 16.9 Å². The Bertz CT molecular complexity index is 944. The Balaban J connectivity index is 1.84. The number of nitrogens with zero attached hydrogens (tertiary/aromatic N) is 2. The molecule has 0 bridgehead atoms. The molecule has 0 saturated carbocycles. The molecule has 0 radical (unpaired) electrons. The van der Waals surface area contributed by atoms with Gasteiger partial charge in [-0.1, -0.05) is 0 Å². The summed E-state index contributed by atoms with van der Waals surface area (Å²) in [5, 5.41) is 0.933. The second kappa shape index (κ2) is 6.59. The van der Waals surface area contributed by atoms with Gasteiger partial charge < -0.3 is 14.1 Å². The van der Waals surface area contributed by atoms with E-state index < -0.39 is 0 Å². The van der Waals surface area contributed by atoms with E-state index in [1.165, 1.54) is 0 Å². The van der Waals surface area contributed by atoms with Gasteiger partial charge in [0, 0.05) is 35.3 Å². The molecule has 3 aromatic rings. The quantitative estimate of drug-likeness (QED) is 0.720. The van der Waals surface area contributed by atoms with Crippen molar-refractivity contribution in [2.45, 2.75) is 27.3 Å². The molecule has 0 aliphatic heterocycles. The predicted octanol–water partition coefficient (Wildman–Crippen LogP) is 4.03. The number of hydrogen-bond donors (Lipinski definition) is 0. The summed E-state index contributed by atoms with van der Waals surface area (Å²) in [7, 11) is 3.43. The van der Waals surface area contributed by atoms with E-state index in [9.17, 15) is 4.79 Å². The van der Waals surface area contributed by atoms with Crippen LogP contribution in [0.25, 0.3) is 11.0 Å². The van der Waals surface area contributed by atoms with Gasteiger partial charge in [-0.05, 0) is 45.0 Å². The Morgan fingerprint density at radius 3 is 2.72 bits per heavy atom. The Labute approximate surface area is 147 Å². The van der Waals surface area contributed by atoms with Gasteiger partial charge >= 0.3 is 0 Å². The summed E-state index contributed by atoms with van der Waals surface area (Å²) in [4.78, 5) is 18.9. The number of aryl methyl sites for hydroxylation is 2. The molecule has 2 aromatic heterocycles. The topological polar surface area (TPSA) is 55.6 Å². The predicted molar refractivity (Wildman–Crippen MR) is 97.0 cm³/mol. The largest absolute Gasteiger partial charge is 0.496 e. The van der Waals surface area contributed by atoms with Gasteiger partial charge in [-0.3, -0.25) is 9.78 Å². The molecule has 1 amide bonds. The molecule has 0 fully saturated rings. The molecule has 0 aliphatic carbocycles. The lowest BCUT2D eigenvalue weighted by atomic mass is 10.1. The number of pyridine rings is 1. The van der Waals surface area contributed by atoms with E-state index in [4.69, 9.17) is 9.15 Å². The van der Waals surface area contributed by atoms with Crippen LogP contribution in [-0.2, 0) is 6.54 Å². The van der Waals surface area contributed by atoms with Crippen LogP contribution < -0.4 is 4.74 Å². The zero-order chi connectivity index (χ0) is 18.1. The molecule has 5 heteroatoms. The fourth-order valence-electron chi connectivity index (χ4n) is 3.06. The van der Waals surface area contributed by atoms with Crippen LogP contribution in [0.5, 0.6) is 5.75 Å². The summed E-state index contributed by atoms with van der Waals surface area (Å²) < 4.78 is 11.0. The second-order valence-corrected chi connectivity index (χ2v) is 6.32. The molecule has 0 aliphatic rings. The summed E-state index contributed by atoms with van der Waals surface area (Å²) in [5.74, 6) is 1.60. The van der Waals surface area contributed by atoms with Gasteiger partial charge in [0.25, 0.3) is 5.91 Å². The molecule has 1 aromatic carbocycles. The highest BCUT2D eigenvalue weighted by Crippen LogP contribution is 2.25. The maximum Gasteiger partial charge on any atom is 0.253 e. The summed E-state index contributed by atoms with van der Waals surface area (Å²) in [6, 6.07) is 7.42. The number of furan rings is 1. The van der Waals surface area contributed by atoms with E-state index in [1.54, 1.807) is 31.3 Å². The van der Waals surface area contributed by atoms with E-state index in [2.05, 4.69) is 4.98 Å². The minimum absolute atomic E-state index is 0.0542. The number of fused-ring (bicyclic) bond motifs is 1. The van der Waals surface area contributed by atoms with Crippen LogP contribution >= 0.6 is 0 Å². The highest BCUT2D eigenvalue weighted by atomic mass is 16.5. The third-order valence-corrected chi connectivity index (χ3v) is 4.37. The molecule has 130 valence electrons. The van der Waals surface area contributed by atoms with Crippen molar-refractivity contribution in [2.24, 2.45) is 0 Å². The summed E-state index contributed by atoms with van der Waals surface area (Å²) in [5.41, 5.74) is 4.20. The summed E-state index contributed by atoms with van der Waals surface area (Å²) in [6.07, 6.45) is 1.78. The summed E-state index contributed by atoms with van der Waals surface area (Å²) in [6.45, 7) is 6.24. The molecule has 3 rings (SSSR count). The molecule has 5 nitrogen and oxygen atoms in total. The molecule has 0 saturated heterocycles. The number of hydrogen-bond acceptors (Lipinski definition) is 4. The average molecular weight is 338 g/mol. The first kappa shape index (κ1) is 17.0. The number of carbonyl (C=O) groups is 1. The van der Waals surface area contributed by atoms with Crippen LogP contribution in [0.2, 0.25) is 0 Å². The van der Waals surface area contributed by atoms with Crippen LogP contribution in [0.1, 0.15) is 32.9 Å². The molecule has 0 spiro atoms. The van der Waals surface area contributed by atoms with Gasteiger partial charge in [0.05, 0.1) is 19.3 Å². The SMILES string of the molecule is COc1c(C)cnc(CN(C)C(=O)c2ccc3oc(C)cc3c2)c1C. The van der Waals surface area contributed by atoms with E-state index in [1.807, 2.05) is 39.0 Å². The smallest absolute Gasteiger partial charge is 0.253 e. The van der Waals surface area contributed by atoms with Crippen molar-refractivity contribution in [2.75, 3.05) is 14.2 Å². The van der Waals surface area contributed by atoms with Crippen LogP contribution in [0, 0.1) is 20.8 Å². The molecule has 0 unspecified atom stereocenters. The number of aromatic nitrogens is 1. The first-order valence-electron chi connectivity index (χ1n) is 8.15. The fourth-order valence-corrected chi connectivity index (χ4v) is 3.06. The first-order chi connectivity index (χ1) is 11.9. The van der Waals surface area contributed by atoms with Crippen LogP contribution in [-0.4, -0.2) is 29.9 Å². The standard InChI is InChI=1S/C20H22N2O3/c1-12-10-21-17(14(3)19(12)24-5)11-22(4)20(23)15-6-7-18-16(9-15)8-13(2)25-18/h6-10H,11H2,1-5H3. The third-order valence-electron chi connectivity index (χ3n) is 4.37. The van der Waals surface area contributed by atoms with Crippen molar-refractivity contribution < 1.29 is 13.9 Å². The Morgan fingerprint density at radius 2 is 2.00 bits per heavy atom. The molecular weight excluding hydrogens is 316 g/mol. The number of methoxy groups -OCH3 is 1. The number of amides is 1. The minimum atomic E-state index is -0.0542. The van der Waals surface area contributed by atoms with Gasteiger partial charge in [0.15, 0.2) is 0 Å². The molecule has 0 N–H and O–H groups in total. The second-order valence-electron chi connectivity index (χ2n) is 6.32. The molecule has 2 heterocycles. The van der Waals surface area contributed by atoms with Gasteiger partial charge in [-0.15, -0.1) is 0 Å². The molecular formula is C20H22N2O3. The van der Waals surface area contributed by atoms with Gasteiger partial charge in [-0.25, -0.2) is 0 Å². The maximum atomic E-state index is 12.8. The number of benzene rings is 1. The van der Waals surface area contributed by atoms with Crippen molar-refractivity contribution in [3.05, 3.63) is 58.6 Å². The molecule has 0 atom stereocenters. The van der Waals surface area contributed by atoms with Crippen molar-refractivity contribution in [3.63, 3.8) is 0 Å². The van der Waals surface area contributed by atoms with E-state index >= 15 is 0 Å². The lowest BCUT2D eigenvalue weighted by molar-refractivity contribution is 0.0783. The zero-order valence-electron chi connectivity index (χ0n) is 15.2. The molecule has 25 heavy (non-hydrogen) atoms. The number of ether oxygens (including phenoxy) is 1. The van der Waals surface area contributed by atoms with Gasteiger partial charge in [-0.2, -0.15) is 0 Å². The Morgan fingerprint density at radius 1 is 1.24 bits per heavy atom. The maximum absolute atomic E-state index is 12.8. The normalized spacial score (nSPS) is 10.9. The fraction of sp³-hybridized carbons (Fsp3) is 0.300. The minimum Gasteiger partial charge on any atom is -0.496 e. The zero-order valence-corrected chi connectivity index (χ0v) is 15.2. The Kier molecular flexibility index (Phi) is 4.49. The van der Waals surface area contributed by atoms with E-state index in [-0.39, 0.29) is 5.91 Å². The van der Waals surface area contributed by atoms with E-state index in [0.29, 0.717) is 12.1 Å². The van der Waals surface area contributed by atoms with Gasteiger partial charge in [0.1, 0.15) is 17.1 Å². The van der Waals surface area contributed by atoms with Crippen LogP contribution in [0.4, 0.5) is 0 Å². The monoisotopic (exact) mass is 338 g/mol. The van der Waals surface area contributed by atoms with Crippen LogP contribution in [0.15, 0.2) is 34.9 Å². The average Bonchev–Trinajstić information content (AvgIpc) is 2.96. The lowest BCUT2D eigenvalue weighted by Crippen LogP contribution is -2.27. The van der Waals surface area contributed by atoms with E-state index in [0.717, 1.165) is 39.3 Å². The van der Waals surface area contributed by atoms with Crippen molar-refractivity contribution in [1.29, 1.82) is 0 Å². The highest BCUT2D eigenvalue weighted by Gasteiger charge is 2.17. The lowest BCUT2D eigenvalue weighted by Gasteiger charge is -2.19. The first-order valence-corrected chi connectivity index (χ1v) is 8.15. The van der Waals surface area contributed by atoms with Crippen LogP contribution in [0.3, 0.4) is 0 Å². The summed E-state index contributed by atoms with van der Waals surface area (Å²) >= 11 is 0. The Hall–Kier alpha value is -2.82. The number of rotatable bonds is 4. The third kappa shape index (κ3) is 3.22. The van der Waals surface area contributed by atoms with Crippen molar-refractivity contribution in [3.8, 4) is 5.75 Å². The van der Waals surface area contributed by atoms with Crippen molar-refractivity contribution in [1.82, 2.24) is 9.88 Å². The highest BCUT2D eigenvalue weighted by molar-refractivity contribution is 5.97. The van der Waals surface area contributed by atoms with Gasteiger partial charge in [0.2, 0.25) is 0 Å².